The number of piperazine rings is 1. The van der Waals surface area contributed by atoms with E-state index in [2.05, 4.69) is 16.7 Å². The van der Waals surface area contributed by atoms with Gasteiger partial charge in [-0.1, -0.05) is 12.1 Å². The number of ether oxygens (including phenoxy) is 2. The molecule has 1 heterocycles. The molecule has 4 nitrogen and oxygen atoms in total. The van der Waals surface area contributed by atoms with Crippen LogP contribution in [0.5, 0.6) is 11.5 Å². The number of nitrogens with one attached hydrogen (secondary N) is 2. The third-order valence-corrected chi connectivity index (χ3v) is 2.85. The first kappa shape index (κ1) is 11.2. The van der Waals surface area contributed by atoms with Gasteiger partial charge in [0.25, 0.3) is 0 Å². The Labute approximate surface area is 95.9 Å². The molecule has 0 aromatic heterocycles. The third kappa shape index (κ3) is 2.13. The van der Waals surface area contributed by atoms with Gasteiger partial charge in [-0.25, -0.2) is 0 Å². The van der Waals surface area contributed by atoms with Crippen molar-refractivity contribution < 1.29 is 9.47 Å². The second kappa shape index (κ2) is 5.18. The van der Waals surface area contributed by atoms with Crippen molar-refractivity contribution in [1.82, 2.24) is 10.6 Å². The molecule has 0 spiro atoms. The van der Waals surface area contributed by atoms with Crippen molar-refractivity contribution in [3.8, 4) is 11.5 Å². The number of para-hydroxylation sites is 1. The van der Waals surface area contributed by atoms with Crippen LogP contribution in [0.2, 0.25) is 0 Å². The molecular weight excluding hydrogens is 204 g/mol. The molecule has 1 aliphatic rings. The lowest BCUT2D eigenvalue weighted by Crippen LogP contribution is -2.42. The Balaban J connectivity index is 2.30. The van der Waals surface area contributed by atoms with Gasteiger partial charge in [0.05, 0.1) is 14.2 Å². The second-order valence-electron chi connectivity index (χ2n) is 3.79. The smallest absolute Gasteiger partial charge is 0.165 e. The van der Waals surface area contributed by atoms with E-state index in [4.69, 9.17) is 9.47 Å². The zero-order chi connectivity index (χ0) is 11.4. The van der Waals surface area contributed by atoms with Crippen LogP contribution in [-0.4, -0.2) is 33.9 Å². The Bertz CT molecular complexity index is 349. The highest BCUT2D eigenvalue weighted by Gasteiger charge is 2.20. The van der Waals surface area contributed by atoms with E-state index < -0.39 is 0 Å². The maximum Gasteiger partial charge on any atom is 0.165 e. The molecule has 1 aliphatic heterocycles. The first-order valence-corrected chi connectivity index (χ1v) is 5.52. The number of rotatable bonds is 3. The number of benzene rings is 1. The summed E-state index contributed by atoms with van der Waals surface area (Å²) in [6.45, 7) is 2.91. The summed E-state index contributed by atoms with van der Waals surface area (Å²) in [6.07, 6.45) is 0. The molecule has 2 rings (SSSR count). The lowest BCUT2D eigenvalue weighted by Gasteiger charge is -2.26. The van der Waals surface area contributed by atoms with Gasteiger partial charge >= 0.3 is 0 Å². The van der Waals surface area contributed by atoms with E-state index in [1.54, 1.807) is 14.2 Å². The van der Waals surface area contributed by atoms with Crippen LogP contribution in [0, 0.1) is 0 Å². The van der Waals surface area contributed by atoms with Gasteiger partial charge in [0.15, 0.2) is 11.5 Å². The third-order valence-electron chi connectivity index (χ3n) is 2.85. The summed E-state index contributed by atoms with van der Waals surface area (Å²) < 4.78 is 10.7. The highest BCUT2D eigenvalue weighted by molar-refractivity contribution is 5.48. The highest BCUT2D eigenvalue weighted by Crippen LogP contribution is 2.34. The summed E-state index contributed by atoms with van der Waals surface area (Å²) in [7, 11) is 3.34. The van der Waals surface area contributed by atoms with Crippen LogP contribution in [0.3, 0.4) is 0 Å². The molecule has 0 unspecified atom stereocenters. The van der Waals surface area contributed by atoms with Crippen molar-refractivity contribution in [3.05, 3.63) is 23.8 Å². The molecule has 88 valence electrons. The highest BCUT2D eigenvalue weighted by atomic mass is 16.5. The van der Waals surface area contributed by atoms with Gasteiger partial charge in [0.2, 0.25) is 0 Å². The Hall–Kier alpha value is -1.26. The molecule has 0 radical (unpaired) electrons. The maximum atomic E-state index is 5.43. The number of hydrogen-bond acceptors (Lipinski definition) is 4. The van der Waals surface area contributed by atoms with Crippen LogP contribution in [-0.2, 0) is 0 Å². The predicted octanol–water partition coefficient (Wildman–Crippen LogP) is 0.938. The van der Waals surface area contributed by atoms with Crippen LogP contribution in [0.4, 0.5) is 0 Å². The van der Waals surface area contributed by atoms with Crippen molar-refractivity contribution in [2.24, 2.45) is 0 Å². The fourth-order valence-corrected chi connectivity index (χ4v) is 2.06. The van der Waals surface area contributed by atoms with Gasteiger partial charge in [-0.05, 0) is 6.07 Å². The van der Waals surface area contributed by atoms with Gasteiger partial charge in [0, 0.05) is 31.2 Å². The fraction of sp³-hybridized carbons (Fsp3) is 0.500. The first-order valence-electron chi connectivity index (χ1n) is 5.52. The van der Waals surface area contributed by atoms with Gasteiger partial charge in [-0.2, -0.15) is 0 Å². The molecule has 2 N–H and O–H groups in total. The van der Waals surface area contributed by atoms with Crippen LogP contribution < -0.4 is 20.1 Å². The zero-order valence-electron chi connectivity index (χ0n) is 9.75. The lowest BCUT2D eigenvalue weighted by molar-refractivity contribution is 0.341. The summed E-state index contributed by atoms with van der Waals surface area (Å²) in [4.78, 5) is 0. The predicted molar refractivity (Wildman–Crippen MR) is 63.2 cm³/mol. The van der Waals surface area contributed by atoms with Crippen molar-refractivity contribution >= 4 is 0 Å². The van der Waals surface area contributed by atoms with E-state index in [0.717, 1.165) is 36.7 Å². The van der Waals surface area contributed by atoms with Crippen molar-refractivity contribution in [2.45, 2.75) is 6.04 Å². The van der Waals surface area contributed by atoms with Crippen molar-refractivity contribution in [2.75, 3.05) is 33.9 Å². The number of methoxy groups -OCH3 is 2. The van der Waals surface area contributed by atoms with Crippen molar-refractivity contribution in [3.63, 3.8) is 0 Å². The van der Waals surface area contributed by atoms with Crippen LogP contribution >= 0.6 is 0 Å². The minimum atomic E-state index is 0.291. The second-order valence-corrected chi connectivity index (χ2v) is 3.79. The SMILES string of the molecule is COc1cccc([C@@H]2CNCCN2)c1OC. The molecule has 1 aromatic rings. The lowest BCUT2D eigenvalue weighted by atomic mass is 10.0. The molecule has 0 bridgehead atoms. The Morgan fingerprint density at radius 3 is 2.69 bits per heavy atom. The van der Waals surface area contributed by atoms with Gasteiger partial charge < -0.3 is 20.1 Å². The Morgan fingerprint density at radius 2 is 2.06 bits per heavy atom. The van der Waals surface area contributed by atoms with Crippen molar-refractivity contribution in [1.29, 1.82) is 0 Å². The number of hydrogen-bond donors (Lipinski definition) is 2. The summed E-state index contributed by atoms with van der Waals surface area (Å²) in [5.41, 5.74) is 1.15. The monoisotopic (exact) mass is 222 g/mol. The molecule has 1 fully saturated rings. The first-order chi connectivity index (χ1) is 7.86. The van der Waals surface area contributed by atoms with Gasteiger partial charge in [0.1, 0.15) is 0 Å². The molecule has 0 aliphatic carbocycles. The molecule has 1 atom stereocenters. The fourth-order valence-electron chi connectivity index (χ4n) is 2.06. The van der Waals surface area contributed by atoms with E-state index in [-0.39, 0.29) is 0 Å². The normalized spacial score (nSPS) is 20.5. The van der Waals surface area contributed by atoms with Gasteiger partial charge in [-0.3, -0.25) is 0 Å². The molecular formula is C12H18N2O2. The maximum absolute atomic E-state index is 5.43. The van der Waals surface area contributed by atoms with E-state index in [1.807, 2.05) is 12.1 Å². The molecule has 16 heavy (non-hydrogen) atoms. The molecule has 1 saturated heterocycles. The van der Waals surface area contributed by atoms with Crippen LogP contribution in [0.1, 0.15) is 11.6 Å². The average Bonchev–Trinajstić information content (AvgIpc) is 2.38. The molecule has 1 aromatic carbocycles. The van der Waals surface area contributed by atoms with E-state index in [9.17, 15) is 0 Å². The van der Waals surface area contributed by atoms with E-state index >= 15 is 0 Å². The summed E-state index contributed by atoms with van der Waals surface area (Å²) >= 11 is 0. The standard InChI is InChI=1S/C12H18N2O2/c1-15-11-5-3-4-9(12(11)16-2)10-8-13-6-7-14-10/h3-5,10,13-14H,6-8H2,1-2H3/t10-/m0/s1. The summed E-state index contributed by atoms with van der Waals surface area (Å²) in [5, 5.41) is 6.83. The summed E-state index contributed by atoms with van der Waals surface area (Å²) in [6, 6.07) is 6.27. The van der Waals surface area contributed by atoms with E-state index in [0.29, 0.717) is 6.04 Å². The topological polar surface area (TPSA) is 42.5 Å². The molecule has 0 amide bonds. The van der Waals surface area contributed by atoms with Gasteiger partial charge in [-0.15, -0.1) is 0 Å². The zero-order valence-corrected chi connectivity index (χ0v) is 9.75. The summed E-state index contributed by atoms with van der Waals surface area (Å²) in [5.74, 6) is 1.61. The average molecular weight is 222 g/mol. The van der Waals surface area contributed by atoms with Crippen LogP contribution in [0.15, 0.2) is 18.2 Å². The largest absolute Gasteiger partial charge is 0.493 e. The van der Waals surface area contributed by atoms with Crippen LogP contribution in [0.25, 0.3) is 0 Å². The Morgan fingerprint density at radius 1 is 1.19 bits per heavy atom. The Kier molecular flexibility index (Phi) is 3.64. The molecule has 4 heteroatoms. The van der Waals surface area contributed by atoms with E-state index in [1.165, 1.54) is 0 Å². The minimum Gasteiger partial charge on any atom is -0.493 e. The minimum absolute atomic E-state index is 0.291. The quantitative estimate of drug-likeness (QED) is 0.798. The molecule has 0 saturated carbocycles.